The topological polar surface area (TPSA) is 67.8 Å². The van der Waals surface area contributed by atoms with E-state index in [1.165, 1.54) is 30.7 Å². The first kappa shape index (κ1) is 23.5. The Kier molecular flexibility index (Phi) is 6.45. The van der Waals surface area contributed by atoms with Crippen molar-refractivity contribution in [2.75, 3.05) is 5.32 Å². The van der Waals surface area contributed by atoms with Gasteiger partial charge in [0.25, 0.3) is 11.8 Å². The molecule has 0 unspecified atom stereocenters. The van der Waals surface area contributed by atoms with Crippen LogP contribution in [0.1, 0.15) is 60.9 Å². The largest absolute Gasteiger partial charge is 0.319 e. The van der Waals surface area contributed by atoms with E-state index >= 15 is 0 Å². The fourth-order valence-electron chi connectivity index (χ4n) is 3.71. The molecule has 5 nitrogen and oxygen atoms in total. The zero-order valence-corrected chi connectivity index (χ0v) is 18.6. The van der Waals surface area contributed by atoms with Crippen LogP contribution in [0.5, 0.6) is 0 Å². The predicted molar refractivity (Wildman–Crippen MR) is 120 cm³/mol. The lowest BCUT2D eigenvalue weighted by atomic mass is 9.91. The molecular weight excluding hydrogens is 448 g/mol. The Hall–Kier alpha value is -3.62. The molecule has 176 valence electrons. The van der Waals surface area contributed by atoms with Gasteiger partial charge in [0.1, 0.15) is 17.5 Å². The summed E-state index contributed by atoms with van der Waals surface area (Å²) in [4.78, 5) is 25.7. The molecule has 1 amide bonds. The molecule has 0 aliphatic heterocycles. The van der Waals surface area contributed by atoms with E-state index in [0.717, 1.165) is 18.2 Å². The monoisotopic (exact) mass is 470 g/mol. The minimum Gasteiger partial charge on any atom is -0.319 e. The predicted octanol–water partition coefficient (Wildman–Crippen LogP) is 6.40. The van der Waals surface area contributed by atoms with Crippen LogP contribution in [0.4, 0.5) is 23.2 Å². The van der Waals surface area contributed by atoms with Gasteiger partial charge in [-0.15, -0.1) is 0 Å². The highest BCUT2D eigenvalue weighted by molar-refractivity contribution is 6.07. The Morgan fingerprint density at radius 1 is 1.06 bits per heavy atom. The Morgan fingerprint density at radius 2 is 1.79 bits per heavy atom. The van der Waals surface area contributed by atoms with Gasteiger partial charge >= 0.3 is 0 Å². The number of amides is 1. The minimum absolute atomic E-state index is 0.0180. The summed E-state index contributed by atoms with van der Waals surface area (Å²) in [5, 5.41) is 2.71. The van der Waals surface area contributed by atoms with Crippen molar-refractivity contribution >= 4 is 17.2 Å². The number of nitrogens with zero attached hydrogens (tertiary/aromatic N) is 3. The van der Waals surface area contributed by atoms with Gasteiger partial charge in [0.15, 0.2) is 0 Å². The molecule has 1 aliphatic rings. The molecule has 1 aliphatic carbocycles. The van der Waals surface area contributed by atoms with Crippen LogP contribution in [0.25, 0.3) is 16.7 Å². The maximum Gasteiger partial charge on any atom is 0.258 e. The van der Waals surface area contributed by atoms with Crippen LogP contribution in [-0.2, 0) is 0 Å². The van der Waals surface area contributed by atoms with Gasteiger partial charge in [0, 0.05) is 48.5 Å². The molecule has 0 bridgehead atoms. The number of rotatable bonds is 5. The number of allylic oxidation sites excluding steroid dienone is 2. The number of nitrogens with one attached hydrogen (secondary N) is 1. The second kappa shape index (κ2) is 9.32. The summed E-state index contributed by atoms with van der Waals surface area (Å²) in [6.45, 7) is 3.83. The molecule has 0 radical (unpaired) electrons. The molecule has 4 rings (SSSR count). The highest BCUT2D eigenvalue weighted by Gasteiger charge is 2.32. The molecule has 2 aromatic heterocycles. The molecule has 9 heteroatoms. The number of aromatic nitrogens is 3. The third kappa shape index (κ3) is 4.98. The van der Waals surface area contributed by atoms with Gasteiger partial charge in [0.2, 0.25) is 0 Å². The van der Waals surface area contributed by atoms with Crippen LogP contribution in [0.2, 0.25) is 0 Å². The Balaban J connectivity index is 1.80. The second-order valence-corrected chi connectivity index (χ2v) is 8.43. The summed E-state index contributed by atoms with van der Waals surface area (Å²) in [6, 6.07) is 4.41. The first-order valence-electron chi connectivity index (χ1n) is 10.8. The molecule has 1 aromatic carbocycles. The van der Waals surface area contributed by atoms with E-state index < -0.39 is 29.9 Å². The minimum atomic E-state index is -2.82. The number of hydrogen-bond donors (Lipinski definition) is 1. The van der Waals surface area contributed by atoms with Crippen molar-refractivity contribution in [1.82, 2.24) is 15.0 Å². The maximum atomic E-state index is 14.7. The third-order valence-electron chi connectivity index (χ3n) is 5.57. The van der Waals surface area contributed by atoms with Crippen LogP contribution >= 0.6 is 0 Å². The lowest BCUT2D eigenvalue weighted by molar-refractivity contribution is -0.00606. The number of benzene rings is 1. The van der Waals surface area contributed by atoms with Crippen molar-refractivity contribution < 1.29 is 22.4 Å². The van der Waals surface area contributed by atoms with E-state index in [-0.39, 0.29) is 46.8 Å². The summed E-state index contributed by atoms with van der Waals surface area (Å²) >= 11 is 0. The fourth-order valence-corrected chi connectivity index (χ4v) is 3.71. The molecule has 0 atom stereocenters. The van der Waals surface area contributed by atoms with Gasteiger partial charge in [-0.25, -0.2) is 27.5 Å². The van der Waals surface area contributed by atoms with E-state index in [0.29, 0.717) is 11.4 Å². The summed E-state index contributed by atoms with van der Waals surface area (Å²) in [7, 11) is 0. The first-order valence-corrected chi connectivity index (χ1v) is 10.8. The highest BCUT2D eigenvalue weighted by atomic mass is 19.3. The van der Waals surface area contributed by atoms with Gasteiger partial charge < -0.3 is 5.32 Å². The molecule has 1 N–H and O–H groups in total. The molecule has 0 fully saturated rings. The van der Waals surface area contributed by atoms with E-state index in [4.69, 9.17) is 0 Å². The number of alkyl halides is 2. The SMILES string of the molecule is CC(C)c1ncc(C(=O)Nc2c(-c3cc(F)ccc3F)ccnc2C2=CCC(F)(F)CC2)cn1. The van der Waals surface area contributed by atoms with E-state index in [1.807, 2.05) is 13.8 Å². The van der Waals surface area contributed by atoms with Gasteiger partial charge in [-0.3, -0.25) is 9.78 Å². The Bertz CT molecular complexity index is 1260. The van der Waals surface area contributed by atoms with Crippen molar-refractivity contribution in [2.45, 2.75) is 45.0 Å². The zero-order valence-electron chi connectivity index (χ0n) is 18.6. The average molecular weight is 470 g/mol. The van der Waals surface area contributed by atoms with Crippen LogP contribution in [0, 0.1) is 11.6 Å². The lowest BCUT2D eigenvalue weighted by Crippen LogP contribution is -2.20. The van der Waals surface area contributed by atoms with Gasteiger partial charge in [-0.1, -0.05) is 19.9 Å². The molecule has 0 saturated carbocycles. The number of anilines is 1. The van der Waals surface area contributed by atoms with E-state index in [9.17, 15) is 22.4 Å². The number of carbonyl (C=O) groups is 1. The smallest absolute Gasteiger partial charge is 0.258 e. The number of hydrogen-bond acceptors (Lipinski definition) is 4. The zero-order chi connectivity index (χ0) is 24.5. The van der Waals surface area contributed by atoms with Crippen molar-refractivity contribution in [2.24, 2.45) is 0 Å². The summed E-state index contributed by atoms with van der Waals surface area (Å²) < 4.78 is 56.0. The lowest BCUT2D eigenvalue weighted by Gasteiger charge is -2.23. The van der Waals surface area contributed by atoms with Gasteiger partial charge in [-0.05, 0) is 36.3 Å². The van der Waals surface area contributed by atoms with Gasteiger partial charge in [-0.2, -0.15) is 0 Å². The van der Waals surface area contributed by atoms with Crippen molar-refractivity contribution in [3.63, 3.8) is 0 Å². The quantitative estimate of drug-likeness (QED) is 0.439. The summed E-state index contributed by atoms with van der Waals surface area (Å²) in [5.74, 6) is -4.15. The summed E-state index contributed by atoms with van der Waals surface area (Å²) in [5.41, 5.74) is 1.05. The van der Waals surface area contributed by atoms with E-state index in [2.05, 4.69) is 20.3 Å². The number of carbonyl (C=O) groups excluding carboxylic acids is 1. The molecule has 0 spiro atoms. The van der Waals surface area contributed by atoms with Crippen LogP contribution in [-0.4, -0.2) is 26.8 Å². The van der Waals surface area contributed by atoms with Crippen molar-refractivity contribution in [3.05, 3.63) is 77.6 Å². The standard InChI is InChI=1S/C25H22F4N4O/c1-14(2)23-31-12-16(13-32-23)24(34)33-22-18(19-11-17(26)3-4-20(19)27)7-10-30-21(22)15-5-8-25(28,29)9-6-15/h3-5,7,10-14H,6,8-9H2,1-2H3,(H,33,34). The van der Waals surface area contributed by atoms with E-state index in [1.54, 1.807) is 0 Å². The fraction of sp³-hybridized carbons (Fsp3) is 0.280. The molecular formula is C25H22F4N4O. The molecule has 34 heavy (non-hydrogen) atoms. The Labute approximate surface area is 194 Å². The molecule has 3 aromatic rings. The normalized spacial score (nSPS) is 15.2. The molecule has 0 saturated heterocycles. The van der Waals surface area contributed by atoms with Crippen LogP contribution in [0.15, 0.2) is 48.9 Å². The first-order chi connectivity index (χ1) is 16.1. The second-order valence-electron chi connectivity index (χ2n) is 8.43. The van der Waals surface area contributed by atoms with Crippen molar-refractivity contribution in [3.8, 4) is 11.1 Å². The van der Waals surface area contributed by atoms with Crippen LogP contribution < -0.4 is 5.32 Å². The third-order valence-corrected chi connectivity index (χ3v) is 5.57. The maximum absolute atomic E-state index is 14.7. The van der Waals surface area contributed by atoms with Crippen molar-refractivity contribution in [1.29, 1.82) is 0 Å². The summed E-state index contributed by atoms with van der Waals surface area (Å²) in [6.07, 6.45) is 4.65. The number of halogens is 4. The average Bonchev–Trinajstić information content (AvgIpc) is 2.81. The van der Waals surface area contributed by atoms with Gasteiger partial charge in [0.05, 0.1) is 16.9 Å². The highest BCUT2D eigenvalue weighted by Crippen LogP contribution is 2.41. The number of pyridine rings is 1. The Morgan fingerprint density at radius 3 is 2.44 bits per heavy atom. The van der Waals surface area contributed by atoms with Crippen LogP contribution in [0.3, 0.4) is 0 Å². The molecule has 2 heterocycles.